The van der Waals surface area contributed by atoms with Gasteiger partial charge in [0.2, 0.25) is 0 Å². The molecule has 1 amide bonds. The van der Waals surface area contributed by atoms with Gasteiger partial charge in [-0.3, -0.25) is 4.79 Å². The van der Waals surface area contributed by atoms with Crippen LogP contribution in [-0.2, 0) is 0 Å². The van der Waals surface area contributed by atoms with Crippen LogP contribution in [0, 0.1) is 0 Å². The van der Waals surface area contributed by atoms with Crippen LogP contribution in [0.1, 0.15) is 42.5 Å². The first kappa shape index (κ1) is 14.2. The highest BCUT2D eigenvalue weighted by Crippen LogP contribution is 2.32. The molecular formula is C16H22N2O3. The molecule has 0 spiro atoms. The number of nitrogens with two attached hydrogens (primary N) is 1. The summed E-state index contributed by atoms with van der Waals surface area (Å²) in [5, 5.41) is 3.12. The summed E-state index contributed by atoms with van der Waals surface area (Å²) in [6, 6.07) is 5.34. The molecule has 1 aliphatic carbocycles. The highest BCUT2D eigenvalue weighted by atomic mass is 16.5. The van der Waals surface area contributed by atoms with E-state index in [2.05, 4.69) is 5.32 Å². The number of hydrogen-bond donors (Lipinski definition) is 2. The Hall–Kier alpha value is -1.75. The smallest absolute Gasteiger partial charge is 0.251 e. The molecular weight excluding hydrogens is 268 g/mol. The van der Waals surface area contributed by atoms with Crippen molar-refractivity contribution in [1.29, 1.82) is 0 Å². The predicted octanol–water partition coefficient (Wildman–Crippen LogP) is 1.85. The first-order valence-electron chi connectivity index (χ1n) is 7.65. The van der Waals surface area contributed by atoms with Crippen molar-refractivity contribution in [2.45, 2.75) is 37.6 Å². The van der Waals surface area contributed by atoms with Crippen molar-refractivity contribution in [2.75, 3.05) is 19.8 Å². The largest absolute Gasteiger partial charge is 0.490 e. The molecule has 114 valence electrons. The van der Waals surface area contributed by atoms with E-state index in [-0.39, 0.29) is 11.4 Å². The van der Waals surface area contributed by atoms with Gasteiger partial charge in [-0.05, 0) is 31.0 Å². The molecule has 21 heavy (non-hydrogen) atoms. The van der Waals surface area contributed by atoms with Crippen LogP contribution in [0.25, 0.3) is 0 Å². The predicted molar refractivity (Wildman–Crippen MR) is 79.8 cm³/mol. The van der Waals surface area contributed by atoms with Crippen LogP contribution in [0.4, 0.5) is 0 Å². The minimum Gasteiger partial charge on any atom is -0.490 e. The van der Waals surface area contributed by atoms with Crippen molar-refractivity contribution in [1.82, 2.24) is 5.32 Å². The number of nitrogens with one attached hydrogen (secondary N) is 1. The van der Waals surface area contributed by atoms with Gasteiger partial charge in [-0.2, -0.15) is 0 Å². The van der Waals surface area contributed by atoms with Gasteiger partial charge in [0.15, 0.2) is 11.5 Å². The molecule has 0 unspecified atom stereocenters. The van der Waals surface area contributed by atoms with Crippen molar-refractivity contribution < 1.29 is 14.3 Å². The summed E-state index contributed by atoms with van der Waals surface area (Å²) in [5.74, 6) is 1.27. The van der Waals surface area contributed by atoms with E-state index >= 15 is 0 Å². The van der Waals surface area contributed by atoms with Crippen LogP contribution >= 0.6 is 0 Å². The van der Waals surface area contributed by atoms with E-state index in [0.717, 1.165) is 32.1 Å². The Morgan fingerprint density at radius 3 is 2.57 bits per heavy atom. The number of carbonyl (C=O) groups excluding carboxylic acids is 1. The van der Waals surface area contributed by atoms with Crippen molar-refractivity contribution >= 4 is 5.91 Å². The maximum Gasteiger partial charge on any atom is 0.251 e. The van der Waals surface area contributed by atoms with Gasteiger partial charge in [0.05, 0.1) is 18.8 Å². The standard InChI is InChI=1S/C16H22N2O3/c17-11-16(6-1-2-7-16)18-15(19)12-4-5-13-14(10-12)21-9-3-8-20-13/h4-5,10H,1-3,6-9,11,17H2,(H,18,19). The van der Waals surface area contributed by atoms with Gasteiger partial charge in [-0.15, -0.1) is 0 Å². The van der Waals surface area contributed by atoms with Crippen molar-refractivity contribution in [3.05, 3.63) is 23.8 Å². The van der Waals surface area contributed by atoms with Crippen LogP contribution in [0.3, 0.4) is 0 Å². The molecule has 0 bridgehead atoms. The molecule has 5 nitrogen and oxygen atoms in total. The summed E-state index contributed by atoms with van der Waals surface area (Å²) in [6.07, 6.45) is 5.02. The molecule has 1 fully saturated rings. The van der Waals surface area contributed by atoms with Crippen LogP contribution in [-0.4, -0.2) is 31.2 Å². The molecule has 2 aliphatic rings. The summed E-state index contributed by atoms with van der Waals surface area (Å²) in [5.41, 5.74) is 6.23. The summed E-state index contributed by atoms with van der Waals surface area (Å²) < 4.78 is 11.2. The average Bonchev–Trinajstić information content (AvgIpc) is 2.84. The highest BCUT2D eigenvalue weighted by molar-refractivity contribution is 5.95. The third-order valence-corrected chi connectivity index (χ3v) is 4.34. The zero-order chi connectivity index (χ0) is 14.7. The Balaban J connectivity index is 1.77. The van der Waals surface area contributed by atoms with Crippen molar-refractivity contribution in [3.63, 3.8) is 0 Å². The SMILES string of the molecule is NCC1(NC(=O)c2ccc3c(c2)OCCCO3)CCCC1. The van der Waals surface area contributed by atoms with Crippen LogP contribution < -0.4 is 20.5 Å². The van der Waals surface area contributed by atoms with Gasteiger partial charge in [0.1, 0.15) is 0 Å². The second kappa shape index (κ2) is 5.93. The lowest BCUT2D eigenvalue weighted by molar-refractivity contribution is 0.0902. The molecule has 3 N–H and O–H groups in total. The number of benzene rings is 1. The van der Waals surface area contributed by atoms with Gasteiger partial charge in [0.25, 0.3) is 5.91 Å². The fraction of sp³-hybridized carbons (Fsp3) is 0.562. The van der Waals surface area contributed by atoms with E-state index < -0.39 is 0 Å². The molecule has 0 aromatic heterocycles. The quantitative estimate of drug-likeness (QED) is 0.891. The second-order valence-corrected chi connectivity index (χ2v) is 5.86. The number of hydrogen-bond acceptors (Lipinski definition) is 4. The number of rotatable bonds is 3. The molecule has 1 heterocycles. The van der Waals surface area contributed by atoms with E-state index in [4.69, 9.17) is 15.2 Å². The monoisotopic (exact) mass is 290 g/mol. The molecule has 0 radical (unpaired) electrons. The number of fused-ring (bicyclic) bond motifs is 1. The van der Waals surface area contributed by atoms with Crippen LogP contribution in [0.15, 0.2) is 18.2 Å². The topological polar surface area (TPSA) is 73.6 Å². The van der Waals surface area contributed by atoms with Gasteiger partial charge >= 0.3 is 0 Å². The molecule has 1 aliphatic heterocycles. The zero-order valence-corrected chi connectivity index (χ0v) is 12.2. The molecule has 1 aromatic carbocycles. The Morgan fingerprint density at radius 2 is 1.86 bits per heavy atom. The first-order chi connectivity index (χ1) is 10.2. The lowest BCUT2D eigenvalue weighted by atomic mass is 9.97. The van der Waals surface area contributed by atoms with Gasteiger partial charge in [-0.25, -0.2) is 0 Å². The molecule has 1 saturated carbocycles. The third-order valence-electron chi connectivity index (χ3n) is 4.34. The lowest BCUT2D eigenvalue weighted by Crippen LogP contribution is -2.51. The average molecular weight is 290 g/mol. The number of ether oxygens (including phenoxy) is 2. The first-order valence-corrected chi connectivity index (χ1v) is 7.65. The molecule has 1 aromatic rings. The Kier molecular flexibility index (Phi) is 4.01. The molecule has 0 atom stereocenters. The van der Waals surface area contributed by atoms with Gasteiger partial charge in [-0.1, -0.05) is 12.8 Å². The fourth-order valence-corrected chi connectivity index (χ4v) is 3.05. The van der Waals surface area contributed by atoms with Gasteiger partial charge in [0, 0.05) is 18.5 Å². The molecule has 0 saturated heterocycles. The Morgan fingerprint density at radius 1 is 1.14 bits per heavy atom. The second-order valence-electron chi connectivity index (χ2n) is 5.86. The minimum absolute atomic E-state index is 0.0852. The van der Waals surface area contributed by atoms with Crippen LogP contribution in [0.5, 0.6) is 11.5 Å². The maximum absolute atomic E-state index is 12.5. The van der Waals surface area contributed by atoms with Crippen molar-refractivity contribution in [3.8, 4) is 11.5 Å². The Labute approximate surface area is 124 Å². The fourth-order valence-electron chi connectivity index (χ4n) is 3.05. The third kappa shape index (κ3) is 2.97. The van der Waals surface area contributed by atoms with E-state index in [1.807, 2.05) is 0 Å². The Bertz CT molecular complexity index is 524. The highest BCUT2D eigenvalue weighted by Gasteiger charge is 2.34. The zero-order valence-electron chi connectivity index (χ0n) is 12.2. The summed E-state index contributed by atoms with van der Waals surface area (Å²) in [7, 11) is 0. The molecule has 3 rings (SSSR count). The van der Waals surface area contributed by atoms with Gasteiger partial charge < -0.3 is 20.5 Å². The summed E-state index contributed by atoms with van der Waals surface area (Å²) in [4.78, 5) is 12.5. The maximum atomic E-state index is 12.5. The number of carbonyl (C=O) groups is 1. The van der Waals surface area contributed by atoms with E-state index in [1.165, 1.54) is 0 Å². The van der Waals surface area contributed by atoms with Crippen molar-refractivity contribution in [2.24, 2.45) is 5.73 Å². The minimum atomic E-state index is -0.235. The van der Waals surface area contributed by atoms with E-state index in [0.29, 0.717) is 36.8 Å². The van der Waals surface area contributed by atoms with E-state index in [9.17, 15) is 4.79 Å². The van der Waals surface area contributed by atoms with Crippen LogP contribution in [0.2, 0.25) is 0 Å². The number of amides is 1. The lowest BCUT2D eigenvalue weighted by Gasteiger charge is -2.28. The summed E-state index contributed by atoms with van der Waals surface area (Å²) >= 11 is 0. The normalized spacial score (nSPS) is 19.9. The molecule has 5 heteroatoms. The van der Waals surface area contributed by atoms with E-state index in [1.54, 1.807) is 18.2 Å². The summed E-state index contributed by atoms with van der Waals surface area (Å²) in [6.45, 7) is 1.75.